The summed E-state index contributed by atoms with van der Waals surface area (Å²) in [6.07, 6.45) is 4.90. The van der Waals surface area contributed by atoms with Crippen LogP contribution in [0.4, 0.5) is 5.69 Å². The highest BCUT2D eigenvalue weighted by Crippen LogP contribution is 2.27. The Labute approximate surface area is 82.2 Å². The molecular weight excluding hydrogens is 174 g/mol. The third-order valence-electron chi connectivity index (χ3n) is 2.65. The molecule has 0 saturated heterocycles. The summed E-state index contributed by atoms with van der Waals surface area (Å²) in [6, 6.07) is 6.51. The van der Waals surface area contributed by atoms with Crippen LogP contribution in [0.15, 0.2) is 30.6 Å². The van der Waals surface area contributed by atoms with Crippen molar-refractivity contribution in [2.75, 3.05) is 11.9 Å². The van der Waals surface area contributed by atoms with Crippen LogP contribution in [-0.2, 0) is 6.42 Å². The van der Waals surface area contributed by atoms with Crippen molar-refractivity contribution in [3.8, 4) is 11.1 Å². The minimum Gasteiger partial charge on any atom is -0.384 e. The number of hydrogen-bond donors (Lipinski definition) is 2. The van der Waals surface area contributed by atoms with Crippen molar-refractivity contribution < 1.29 is 0 Å². The van der Waals surface area contributed by atoms with Crippen molar-refractivity contribution in [2.45, 2.75) is 6.42 Å². The molecular formula is C11H11N3. The zero-order valence-electron chi connectivity index (χ0n) is 7.75. The molecule has 1 aliphatic rings. The fourth-order valence-electron chi connectivity index (χ4n) is 1.89. The number of aromatic nitrogens is 2. The second-order valence-electron chi connectivity index (χ2n) is 3.54. The Hall–Kier alpha value is -1.77. The van der Waals surface area contributed by atoms with Gasteiger partial charge in [-0.1, -0.05) is 6.07 Å². The Morgan fingerprint density at radius 2 is 2.21 bits per heavy atom. The highest BCUT2D eigenvalue weighted by molar-refractivity contribution is 5.68. The van der Waals surface area contributed by atoms with Gasteiger partial charge >= 0.3 is 0 Å². The molecule has 0 saturated carbocycles. The number of anilines is 1. The van der Waals surface area contributed by atoms with Crippen molar-refractivity contribution in [1.29, 1.82) is 0 Å². The molecule has 0 aliphatic carbocycles. The van der Waals surface area contributed by atoms with Crippen LogP contribution >= 0.6 is 0 Å². The lowest BCUT2D eigenvalue weighted by Crippen LogP contribution is -1.90. The lowest BCUT2D eigenvalue weighted by atomic mass is 10.0. The minimum atomic E-state index is 1.06. The van der Waals surface area contributed by atoms with Crippen LogP contribution < -0.4 is 5.32 Å². The molecule has 0 atom stereocenters. The van der Waals surface area contributed by atoms with Gasteiger partial charge in [-0.15, -0.1) is 0 Å². The van der Waals surface area contributed by atoms with Gasteiger partial charge < -0.3 is 5.32 Å². The van der Waals surface area contributed by atoms with Gasteiger partial charge in [0.25, 0.3) is 0 Å². The highest BCUT2D eigenvalue weighted by Gasteiger charge is 2.10. The summed E-state index contributed by atoms with van der Waals surface area (Å²) in [5.74, 6) is 0. The lowest BCUT2D eigenvalue weighted by molar-refractivity contribution is 1.09. The van der Waals surface area contributed by atoms with E-state index >= 15 is 0 Å². The summed E-state index contributed by atoms with van der Waals surface area (Å²) < 4.78 is 0. The van der Waals surface area contributed by atoms with Crippen molar-refractivity contribution in [3.05, 3.63) is 36.2 Å². The summed E-state index contributed by atoms with van der Waals surface area (Å²) in [5, 5.41) is 10.1. The molecule has 0 fully saturated rings. The predicted octanol–water partition coefficient (Wildman–Crippen LogP) is 2.04. The molecule has 0 bridgehead atoms. The molecule has 1 aliphatic heterocycles. The number of rotatable bonds is 1. The maximum atomic E-state index is 3.95. The van der Waals surface area contributed by atoms with Crippen molar-refractivity contribution >= 4 is 5.69 Å². The average molecular weight is 185 g/mol. The van der Waals surface area contributed by atoms with Gasteiger partial charge in [-0.3, -0.25) is 5.10 Å². The van der Waals surface area contributed by atoms with Gasteiger partial charge in [0, 0.05) is 24.0 Å². The third-order valence-corrected chi connectivity index (χ3v) is 2.65. The van der Waals surface area contributed by atoms with E-state index in [0.29, 0.717) is 0 Å². The second-order valence-corrected chi connectivity index (χ2v) is 3.54. The van der Waals surface area contributed by atoms with Crippen LogP contribution in [0.1, 0.15) is 5.56 Å². The van der Waals surface area contributed by atoms with Crippen LogP contribution in [0, 0.1) is 0 Å². The number of nitrogens with one attached hydrogen (secondary N) is 2. The molecule has 14 heavy (non-hydrogen) atoms. The Bertz CT molecular complexity index is 446. The molecule has 0 amide bonds. The fraction of sp³-hybridized carbons (Fsp3) is 0.182. The Balaban J connectivity index is 2.09. The van der Waals surface area contributed by atoms with Gasteiger partial charge in [0.05, 0.1) is 6.20 Å². The van der Waals surface area contributed by atoms with Gasteiger partial charge in [-0.2, -0.15) is 5.10 Å². The summed E-state index contributed by atoms with van der Waals surface area (Å²) in [4.78, 5) is 0. The lowest BCUT2D eigenvalue weighted by Gasteiger charge is -2.01. The first-order valence-electron chi connectivity index (χ1n) is 4.79. The molecule has 3 heteroatoms. The van der Waals surface area contributed by atoms with E-state index in [-0.39, 0.29) is 0 Å². The van der Waals surface area contributed by atoms with E-state index in [1.165, 1.54) is 16.8 Å². The van der Waals surface area contributed by atoms with Crippen molar-refractivity contribution in [3.63, 3.8) is 0 Å². The SMILES string of the molecule is c1cc2c(cc1-c1cn[nH]c1)CCN2. The van der Waals surface area contributed by atoms with Crippen LogP contribution in [0.3, 0.4) is 0 Å². The zero-order chi connectivity index (χ0) is 9.38. The van der Waals surface area contributed by atoms with Gasteiger partial charge in [-0.25, -0.2) is 0 Å². The van der Waals surface area contributed by atoms with Crippen molar-refractivity contribution in [1.82, 2.24) is 10.2 Å². The van der Waals surface area contributed by atoms with Crippen LogP contribution in [0.25, 0.3) is 11.1 Å². The Morgan fingerprint density at radius 1 is 1.21 bits per heavy atom. The van der Waals surface area contributed by atoms with Gasteiger partial charge in [-0.05, 0) is 29.7 Å². The Kier molecular flexibility index (Phi) is 1.56. The quantitative estimate of drug-likeness (QED) is 0.713. The molecule has 2 N–H and O–H groups in total. The van der Waals surface area contributed by atoms with E-state index in [2.05, 4.69) is 33.7 Å². The number of benzene rings is 1. The van der Waals surface area contributed by atoms with Crippen LogP contribution in [-0.4, -0.2) is 16.7 Å². The molecule has 3 nitrogen and oxygen atoms in total. The molecule has 0 spiro atoms. The third kappa shape index (κ3) is 1.09. The number of hydrogen-bond acceptors (Lipinski definition) is 2. The highest BCUT2D eigenvalue weighted by atomic mass is 15.1. The van der Waals surface area contributed by atoms with Gasteiger partial charge in [0.1, 0.15) is 0 Å². The zero-order valence-corrected chi connectivity index (χ0v) is 7.75. The maximum absolute atomic E-state index is 3.95. The summed E-state index contributed by atoms with van der Waals surface area (Å²) in [5.41, 5.74) is 5.07. The fourth-order valence-corrected chi connectivity index (χ4v) is 1.89. The number of aromatic amines is 1. The van der Waals surface area contributed by atoms with E-state index < -0.39 is 0 Å². The minimum absolute atomic E-state index is 1.06. The first kappa shape index (κ1) is 7.62. The topological polar surface area (TPSA) is 40.7 Å². The van der Waals surface area contributed by atoms with E-state index in [1.54, 1.807) is 0 Å². The number of H-pyrrole nitrogens is 1. The van der Waals surface area contributed by atoms with E-state index in [0.717, 1.165) is 18.5 Å². The van der Waals surface area contributed by atoms with E-state index in [4.69, 9.17) is 0 Å². The predicted molar refractivity (Wildman–Crippen MR) is 56.2 cm³/mol. The first-order chi connectivity index (χ1) is 6.93. The molecule has 0 radical (unpaired) electrons. The van der Waals surface area contributed by atoms with E-state index in [9.17, 15) is 0 Å². The second kappa shape index (κ2) is 2.87. The molecule has 3 rings (SSSR count). The summed E-state index contributed by atoms with van der Waals surface area (Å²) in [7, 11) is 0. The molecule has 2 heterocycles. The Morgan fingerprint density at radius 3 is 3.07 bits per heavy atom. The van der Waals surface area contributed by atoms with E-state index in [1.807, 2.05) is 12.4 Å². The summed E-state index contributed by atoms with van der Waals surface area (Å²) in [6.45, 7) is 1.06. The van der Waals surface area contributed by atoms with Gasteiger partial charge in [0.2, 0.25) is 0 Å². The maximum Gasteiger partial charge on any atom is 0.0565 e. The monoisotopic (exact) mass is 185 g/mol. The molecule has 1 aromatic carbocycles. The largest absolute Gasteiger partial charge is 0.384 e. The van der Waals surface area contributed by atoms with Crippen molar-refractivity contribution in [2.24, 2.45) is 0 Å². The first-order valence-corrected chi connectivity index (χ1v) is 4.79. The molecule has 1 aromatic heterocycles. The van der Waals surface area contributed by atoms with Crippen LogP contribution in [0.2, 0.25) is 0 Å². The molecule has 2 aromatic rings. The normalized spacial score (nSPS) is 13.7. The summed E-state index contributed by atoms with van der Waals surface area (Å²) >= 11 is 0. The van der Waals surface area contributed by atoms with Gasteiger partial charge in [0.15, 0.2) is 0 Å². The number of nitrogens with zero attached hydrogens (tertiary/aromatic N) is 1. The van der Waals surface area contributed by atoms with Crippen LogP contribution in [0.5, 0.6) is 0 Å². The number of fused-ring (bicyclic) bond motifs is 1. The molecule has 0 unspecified atom stereocenters. The molecule has 70 valence electrons. The standard InChI is InChI=1S/C11H11N3/c1-2-11-9(3-4-12-11)5-8(1)10-6-13-14-7-10/h1-2,5-7,12H,3-4H2,(H,13,14). The smallest absolute Gasteiger partial charge is 0.0565 e. The average Bonchev–Trinajstić information content (AvgIpc) is 2.88.